The first kappa shape index (κ1) is 24.3. The van der Waals surface area contributed by atoms with Gasteiger partial charge < -0.3 is 34.4 Å². The molecule has 0 aromatic carbocycles. The standard InChI is InChI=1S/C20H30ClN5O6/c1-12-10-30-8-7-26(12)15-14(17(27)28)16(24-18(21)23-15)31-11-13-9-25(6-5-22-13)19(29)32-20(2,3)4/h12-13,22H,5-11H2,1-4H3,(H,27,28)/t12-,13+/m0/s1. The van der Waals surface area contributed by atoms with Crippen molar-refractivity contribution in [1.29, 1.82) is 0 Å². The Balaban J connectivity index is 1.74. The number of hydrogen-bond donors (Lipinski definition) is 2. The van der Waals surface area contributed by atoms with E-state index in [1.807, 2.05) is 32.6 Å². The molecule has 2 saturated heterocycles. The van der Waals surface area contributed by atoms with Gasteiger partial charge in [-0.05, 0) is 39.3 Å². The van der Waals surface area contributed by atoms with Gasteiger partial charge in [-0.2, -0.15) is 9.97 Å². The van der Waals surface area contributed by atoms with Crippen molar-refractivity contribution in [2.24, 2.45) is 0 Å². The number of halogens is 1. The van der Waals surface area contributed by atoms with Crippen molar-refractivity contribution in [1.82, 2.24) is 20.2 Å². The van der Waals surface area contributed by atoms with Crippen LogP contribution in [0.1, 0.15) is 38.1 Å². The number of nitrogens with one attached hydrogen (secondary N) is 1. The van der Waals surface area contributed by atoms with Crippen molar-refractivity contribution in [2.45, 2.75) is 45.4 Å². The number of carboxylic acid groups (broad SMARTS) is 1. The van der Waals surface area contributed by atoms with Crippen molar-refractivity contribution in [3.05, 3.63) is 10.8 Å². The van der Waals surface area contributed by atoms with Crippen molar-refractivity contribution in [2.75, 3.05) is 50.9 Å². The quantitative estimate of drug-likeness (QED) is 0.612. The zero-order valence-corrected chi connectivity index (χ0v) is 19.5. The van der Waals surface area contributed by atoms with E-state index >= 15 is 0 Å². The largest absolute Gasteiger partial charge is 0.477 e. The van der Waals surface area contributed by atoms with Gasteiger partial charge in [-0.15, -0.1) is 0 Å². The number of aromatic carboxylic acids is 1. The Labute approximate surface area is 192 Å². The summed E-state index contributed by atoms with van der Waals surface area (Å²) >= 11 is 6.10. The number of hydrogen-bond acceptors (Lipinski definition) is 9. The van der Waals surface area contributed by atoms with Gasteiger partial charge in [-0.25, -0.2) is 9.59 Å². The second-order valence-corrected chi connectivity index (χ2v) is 9.15. The third-order valence-electron chi connectivity index (χ3n) is 5.01. The van der Waals surface area contributed by atoms with Crippen molar-refractivity contribution in [3.63, 3.8) is 0 Å². The predicted molar refractivity (Wildman–Crippen MR) is 117 cm³/mol. The summed E-state index contributed by atoms with van der Waals surface area (Å²) in [7, 11) is 0. The Bertz CT molecular complexity index is 849. The average Bonchev–Trinajstić information content (AvgIpc) is 2.71. The second-order valence-electron chi connectivity index (χ2n) is 8.81. The average molecular weight is 472 g/mol. The van der Waals surface area contributed by atoms with E-state index in [0.29, 0.717) is 39.4 Å². The highest BCUT2D eigenvalue weighted by Crippen LogP contribution is 2.30. The van der Waals surface area contributed by atoms with Gasteiger partial charge in [0.15, 0.2) is 11.4 Å². The van der Waals surface area contributed by atoms with Gasteiger partial charge in [-0.3, -0.25) is 0 Å². The Hall–Kier alpha value is -2.37. The molecule has 178 valence electrons. The second kappa shape index (κ2) is 10.1. The molecule has 0 unspecified atom stereocenters. The molecule has 0 aliphatic carbocycles. The van der Waals surface area contributed by atoms with Gasteiger partial charge in [0.2, 0.25) is 11.2 Å². The summed E-state index contributed by atoms with van der Waals surface area (Å²) in [5, 5.41) is 13.0. The molecule has 0 radical (unpaired) electrons. The molecule has 2 aliphatic heterocycles. The molecule has 2 fully saturated rings. The van der Waals surface area contributed by atoms with Crippen LogP contribution in [-0.4, -0.2) is 95.7 Å². The summed E-state index contributed by atoms with van der Waals surface area (Å²) in [6.07, 6.45) is -0.399. The maximum atomic E-state index is 12.4. The zero-order valence-electron chi connectivity index (χ0n) is 18.8. The summed E-state index contributed by atoms with van der Waals surface area (Å²) in [5.41, 5.74) is -0.738. The smallest absolute Gasteiger partial charge is 0.410 e. The highest BCUT2D eigenvalue weighted by atomic mass is 35.5. The van der Waals surface area contributed by atoms with Crippen LogP contribution in [0.5, 0.6) is 5.88 Å². The van der Waals surface area contributed by atoms with Gasteiger partial charge in [0.25, 0.3) is 0 Å². The molecule has 0 saturated carbocycles. The minimum atomic E-state index is -1.21. The zero-order chi connectivity index (χ0) is 23.5. The number of amides is 1. The van der Waals surface area contributed by atoms with E-state index in [0.717, 1.165) is 0 Å². The van der Waals surface area contributed by atoms with E-state index in [-0.39, 0.29) is 41.2 Å². The van der Waals surface area contributed by atoms with E-state index in [1.54, 1.807) is 4.90 Å². The Morgan fingerprint density at radius 2 is 2.06 bits per heavy atom. The maximum absolute atomic E-state index is 12.4. The van der Waals surface area contributed by atoms with Gasteiger partial charge >= 0.3 is 12.1 Å². The van der Waals surface area contributed by atoms with Crippen molar-refractivity contribution < 1.29 is 28.9 Å². The van der Waals surface area contributed by atoms with E-state index < -0.39 is 17.7 Å². The molecule has 0 bridgehead atoms. The Morgan fingerprint density at radius 3 is 2.72 bits per heavy atom. The number of morpholine rings is 1. The fourth-order valence-corrected chi connectivity index (χ4v) is 3.71. The van der Waals surface area contributed by atoms with Crippen molar-refractivity contribution >= 4 is 29.5 Å². The van der Waals surface area contributed by atoms with Crippen LogP contribution >= 0.6 is 11.6 Å². The van der Waals surface area contributed by atoms with E-state index in [9.17, 15) is 14.7 Å². The lowest BCUT2D eigenvalue weighted by atomic mass is 10.2. The first-order valence-corrected chi connectivity index (χ1v) is 10.9. The predicted octanol–water partition coefficient (Wildman–Crippen LogP) is 1.64. The molecular weight excluding hydrogens is 442 g/mol. The SMILES string of the molecule is C[C@H]1COCCN1c1nc(Cl)nc(OC[C@H]2CN(C(=O)OC(C)(C)C)CCN2)c1C(=O)O. The molecule has 32 heavy (non-hydrogen) atoms. The number of anilines is 1. The molecule has 3 heterocycles. The lowest BCUT2D eigenvalue weighted by molar-refractivity contribution is 0.0177. The van der Waals surface area contributed by atoms with E-state index in [4.69, 9.17) is 25.8 Å². The van der Waals surface area contributed by atoms with Crippen LogP contribution in [0, 0.1) is 0 Å². The highest BCUT2D eigenvalue weighted by molar-refractivity contribution is 6.28. The fourth-order valence-electron chi connectivity index (χ4n) is 3.55. The molecule has 3 rings (SSSR count). The summed E-state index contributed by atoms with van der Waals surface area (Å²) in [5.74, 6) is -1.12. The minimum absolute atomic E-state index is 0.0805. The molecular formula is C20H30ClN5O6. The Morgan fingerprint density at radius 1 is 1.31 bits per heavy atom. The minimum Gasteiger partial charge on any atom is -0.477 e. The summed E-state index contributed by atoms with van der Waals surface area (Å²) in [6.45, 7) is 10.2. The van der Waals surface area contributed by atoms with Crippen LogP contribution in [0.2, 0.25) is 5.28 Å². The number of aromatic nitrogens is 2. The fraction of sp³-hybridized carbons (Fsp3) is 0.700. The number of nitrogens with zero attached hydrogens (tertiary/aromatic N) is 4. The van der Waals surface area contributed by atoms with Gasteiger partial charge in [0, 0.05) is 26.2 Å². The Kier molecular flexibility index (Phi) is 7.63. The molecule has 1 amide bonds. The highest BCUT2D eigenvalue weighted by Gasteiger charge is 2.31. The van der Waals surface area contributed by atoms with Crippen LogP contribution < -0.4 is 15.0 Å². The number of piperazine rings is 1. The van der Waals surface area contributed by atoms with Crippen LogP contribution in [0.3, 0.4) is 0 Å². The van der Waals surface area contributed by atoms with Gasteiger partial charge in [0.1, 0.15) is 12.2 Å². The molecule has 1 aromatic heterocycles. The summed E-state index contributed by atoms with van der Waals surface area (Å²) in [4.78, 5) is 36.1. The molecule has 12 heteroatoms. The van der Waals surface area contributed by atoms with Crippen LogP contribution in [0.15, 0.2) is 0 Å². The first-order valence-electron chi connectivity index (χ1n) is 10.5. The third kappa shape index (κ3) is 6.11. The molecule has 11 nitrogen and oxygen atoms in total. The van der Waals surface area contributed by atoms with Crippen LogP contribution in [0.4, 0.5) is 10.6 Å². The molecule has 2 aliphatic rings. The van der Waals surface area contributed by atoms with Crippen LogP contribution in [0.25, 0.3) is 0 Å². The topological polar surface area (TPSA) is 126 Å². The molecule has 2 N–H and O–H groups in total. The molecule has 1 aromatic rings. The van der Waals surface area contributed by atoms with E-state index in [1.165, 1.54) is 0 Å². The first-order chi connectivity index (χ1) is 15.0. The van der Waals surface area contributed by atoms with Gasteiger partial charge in [0.05, 0.1) is 25.3 Å². The molecule has 2 atom stereocenters. The molecule has 0 spiro atoms. The number of ether oxygens (including phenoxy) is 3. The summed E-state index contributed by atoms with van der Waals surface area (Å²) in [6, 6.07) is -0.319. The van der Waals surface area contributed by atoms with E-state index in [2.05, 4.69) is 15.3 Å². The maximum Gasteiger partial charge on any atom is 0.410 e. The monoisotopic (exact) mass is 471 g/mol. The number of carbonyl (C=O) groups is 2. The normalized spacial score (nSPS) is 21.9. The lowest BCUT2D eigenvalue weighted by Gasteiger charge is -2.35. The number of carboxylic acids is 1. The van der Waals surface area contributed by atoms with Crippen LogP contribution in [-0.2, 0) is 9.47 Å². The summed E-state index contributed by atoms with van der Waals surface area (Å²) < 4.78 is 16.7. The third-order valence-corrected chi connectivity index (χ3v) is 5.18. The number of rotatable bonds is 5. The lowest BCUT2D eigenvalue weighted by Crippen LogP contribution is -2.55. The number of carbonyl (C=O) groups excluding carboxylic acids is 1. The van der Waals surface area contributed by atoms with Crippen molar-refractivity contribution in [3.8, 4) is 5.88 Å². The van der Waals surface area contributed by atoms with Gasteiger partial charge in [-0.1, -0.05) is 0 Å².